The van der Waals surface area contributed by atoms with E-state index in [-0.39, 0.29) is 0 Å². The van der Waals surface area contributed by atoms with Gasteiger partial charge in [-0.1, -0.05) is 146 Å². The van der Waals surface area contributed by atoms with Crippen molar-refractivity contribution in [2.45, 2.75) is 0 Å². The van der Waals surface area contributed by atoms with E-state index in [1.165, 1.54) is 31.8 Å². The van der Waals surface area contributed by atoms with E-state index in [0.717, 1.165) is 0 Å². The van der Waals surface area contributed by atoms with Crippen molar-refractivity contribution in [3.05, 3.63) is 182 Å². The van der Waals surface area contributed by atoms with E-state index in [1.807, 2.05) is 0 Å². The Hall–Kier alpha value is -1.76. The van der Waals surface area contributed by atoms with Crippen molar-refractivity contribution in [1.82, 2.24) is 0 Å². The first kappa shape index (κ1) is 31.7. The zero-order valence-electron chi connectivity index (χ0n) is 22.9. The van der Waals surface area contributed by atoms with Crippen LogP contribution < -0.4 is 45.1 Å². The summed E-state index contributed by atoms with van der Waals surface area (Å²) in [4.78, 5) is 0. The molecule has 0 amide bonds. The number of rotatable bonds is 7. The first-order chi connectivity index (χ1) is 20.8. The number of halogens is 3. The first-order valence-corrected chi connectivity index (χ1v) is 29.9. The summed E-state index contributed by atoms with van der Waals surface area (Å²) in [5, 5.41) is 8.22. The van der Waals surface area contributed by atoms with Gasteiger partial charge in [0.1, 0.15) is 23.2 Å². The molecule has 0 unspecified atom stereocenters. The van der Waals surface area contributed by atoms with Crippen LogP contribution in [0.5, 0.6) is 0 Å². The van der Waals surface area contributed by atoms with Crippen molar-refractivity contribution in [1.29, 1.82) is 0 Å². The molecular formula is C37H31I3P2. The number of benzene rings is 6. The molecular weight excluding hydrogens is 887 g/mol. The standard InChI is InChI=1S/C37H31P2.I3/c1-7-19-32(20-8-1)38(33-21-9-2-10-22-33,34-23-11-3-12-24-34)31-39(35-25-13-4-14-26-35,36-27-15-5-16-28-36)37-29-17-6-18-30-37;1-3-2/h1-31H;/q+1;-1. The summed E-state index contributed by atoms with van der Waals surface area (Å²) in [6.07, 6.45) is 0. The van der Waals surface area contributed by atoms with Crippen molar-refractivity contribution in [2.75, 3.05) is 0 Å². The first-order valence-electron chi connectivity index (χ1n) is 13.6. The zero-order chi connectivity index (χ0) is 29.1. The molecule has 0 aliphatic heterocycles. The van der Waals surface area contributed by atoms with E-state index in [2.05, 4.69) is 225 Å². The topological polar surface area (TPSA) is 0 Å². The van der Waals surface area contributed by atoms with Gasteiger partial charge in [0.05, 0.1) is 5.54 Å². The fraction of sp³-hybridized carbons (Fsp3) is 0. The molecule has 0 fully saturated rings. The van der Waals surface area contributed by atoms with E-state index in [9.17, 15) is 0 Å². The molecule has 0 aliphatic rings. The molecule has 0 N–H and O–H groups in total. The summed E-state index contributed by atoms with van der Waals surface area (Å²) in [6.45, 7) is -2.25. The van der Waals surface area contributed by atoms with Gasteiger partial charge in [0.2, 0.25) is 0 Å². The van der Waals surface area contributed by atoms with Gasteiger partial charge >= 0.3 is 50.5 Å². The van der Waals surface area contributed by atoms with E-state index < -0.39 is 14.1 Å². The third-order valence-electron chi connectivity index (χ3n) is 7.33. The van der Waals surface area contributed by atoms with Crippen LogP contribution in [-0.2, 0) is 0 Å². The maximum atomic E-state index is 2.82. The third kappa shape index (κ3) is 6.81. The Morgan fingerprint density at radius 1 is 0.381 bits per heavy atom. The van der Waals surface area contributed by atoms with Crippen molar-refractivity contribution < 1.29 is 13.3 Å². The summed E-state index contributed by atoms with van der Waals surface area (Å²) in [5.74, 6) is 0. The van der Waals surface area contributed by atoms with Gasteiger partial charge in [0.15, 0.2) is 0 Å². The Labute approximate surface area is 280 Å². The van der Waals surface area contributed by atoms with Crippen LogP contribution in [0, 0.1) is 0 Å². The molecule has 210 valence electrons. The van der Waals surface area contributed by atoms with Gasteiger partial charge in [0.25, 0.3) is 0 Å². The second-order valence-electron chi connectivity index (χ2n) is 9.63. The summed E-state index contributed by atoms with van der Waals surface area (Å²) >= 11 is 5.30. The van der Waals surface area contributed by atoms with Crippen LogP contribution >= 0.6 is 51.4 Å². The normalized spacial score (nSPS) is 11.3. The molecule has 6 aromatic carbocycles. The van der Waals surface area contributed by atoms with E-state index in [0.29, 0.717) is 13.3 Å². The predicted octanol–water partition coefficient (Wildman–Crippen LogP) is 5.51. The van der Waals surface area contributed by atoms with Gasteiger partial charge in [-0.25, -0.2) is 0 Å². The zero-order valence-corrected chi connectivity index (χ0v) is 31.2. The predicted molar refractivity (Wildman–Crippen MR) is 204 cm³/mol. The fourth-order valence-corrected chi connectivity index (χ4v) is 16.5. The van der Waals surface area contributed by atoms with Crippen LogP contribution in [0.3, 0.4) is 0 Å². The molecule has 0 nitrogen and oxygen atoms in total. The molecule has 6 aromatic rings. The Bertz CT molecular complexity index is 1500. The Balaban J connectivity index is 0.00000113. The Morgan fingerprint density at radius 3 is 0.833 bits per heavy atom. The molecule has 0 saturated heterocycles. The van der Waals surface area contributed by atoms with Gasteiger partial charge < -0.3 is 0 Å². The molecule has 0 aromatic heterocycles. The molecule has 5 heteroatoms. The van der Waals surface area contributed by atoms with Gasteiger partial charge in [-0.05, 0) is 52.3 Å². The van der Waals surface area contributed by atoms with Crippen molar-refractivity contribution >= 4 is 88.7 Å². The Morgan fingerprint density at radius 2 is 0.595 bits per heavy atom. The molecule has 0 atom stereocenters. The quantitative estimate of drug-likeness (QED) is 0.147. The molecule has 0 spiro atoms. The maximum absolute atomic E-state index is 2.82. The summed E-state index contributed by atoms with van der Waals surface area (Å²) in [6, 6.07) is 67.1. The summed E-state index contributed by atoms with van der Waals surface area (Å²) in [7, 11) is -2.25. The third-order valence-corrected chi connectivity index (χ3v) is 16.8. The second-order valence-corrected chi connectivity index (χ2v) is 32.8. The second kappa shape index (κ2) is 15.8. The van der Waals surface area contributed by atoms with Gasteiger partial charge in [-0.2, -0.15) is 0 Å². The molecule has 0 heterocycles. The molecule has 6 rings (SSSR count). The van der Waals surface area contributed by atoms with E-state index in [1.54, 1.807) is 0 Å². The van der Waals surface area contributed by atoms with Gasteiger partial charge in [0, 0.05) is 6.89 Å². The van der Waals surface area contributed by atoms with Gasteiger partial charge in [-0.3, -0.25) is 0 Å². The van der Waals surface area contributed by atoms with Crippen LogP contribution in [0.2, 0.25) is 0 Å². The van der Waals surface area contributed by atoms with Crippen LogP contribution in [0.15, 0.2) is 182 Å². The molecule has 42 heavy (non-hydrogen) atoms. The van der Waals surface area contributed by atoms with Crippen LogP contribution in [0.25, 0.3) is 0 Å². The van der Waals surface area contributed by atoms with Crippen molar-refractivity contribution in [2.24, 2.45) is 0 Å². The molecule has 0 bridgehead atoms. The molecule has 0 aliphatic carbocycles. The fourth-order valence-electron chi connectivity index (χ4n) is 5.53. The summed E-state index contributed by atoms with van der Waals surface area (Å²) in [5.41, 5.74) is 2.82. The van der Waals surface area contributed by atoms with Crippen molar-refractivity contribution in [3.8, 4) is 0 Å². The minimum atomic E-state index is -2.25. The average Bonchev–Trinajstić information content (AvgIpc) is 3.08. The summed E-state index contributed by atoms with van der Waals surface area (Å²) < 4.78 is 0. The van der Waals surface area contributed by atoms with Crippen LogP contribution in [-0.4, -0.2) is 5.54 Å². The average molecular weight is 918 g/mol. The van der Waals surface area contributed by atoms with E-state index in [4.69, 9.17) is 0 Å². The number of hydrogen-bond donors (Lipinski definition) is 0. The molecule has 0 radical (unpaired) electrons. The van der Waals surface area contributed by atoms with Gasteiger partial charge in [-0.15, -0.1) is 0 Å². The van der Waals surface area contributed by atoms with Crippen LogP contribution in [0.1, 0.15) is 0 Å². The van der Waals surface area contributed by atoms with Crippen LogP contribution in [0.4, 0.5) is 0 Å². The Kier molecular flexibility index (Phi) is 11.9. The SMILES string of the molecule is C(=P(c1ccccc1)(c1ccccc1)c1ccccc1)[P+](c1ccccc1)(c1ccccc1)c1ccccc1.I[I-]I. The monoisotopic (exact) mass is 918 g/mol. The van der Waals surface area contributed by atoms with E-state index >= 15 is 0 Å². The van der Waals surface area contributed by atoms with Crippen molar-refractivity contribution in [3.63, 3.8) is 0 Å². The minimum absolute atomic E-state index is 0.530. The number of hydrogen-bond acceptors (Lipinski definition) is 0. The molecule has 0 saturated carbocycles.